The molecule has 3 N–H and O–H groups in total. The summed E-state index contributed by atoms with van der Waals surface area (Å²) in [5.41, 5.74) is 4.73. The van der Waals surface area contributed by atoms with Crippen molar-refractivity contribution in [3.8, 4) is 17.2 Å². The maximum Gasteiger partial charge on any atom is 0.338 e. The fraction of sp³-hybridized carbons (Fsp3) is 0.333. The smallest absolute Gasteiger partial charge is 0.338 e. The van der Waals surface area contributed by atoms with Gasteiger partial charge in [-0.2, -0.15) is 5.10 Å². The number of esters is 1. The Morgan fingerprint density at radius 3 is 2.44 bits per heavy atom. The summed E-state index contributed by atoms with van der Waals surface area (Å²) in [6.45, 7) is 8.16. The van der Waals surface area contributed by atoms with Gasteiger partial charge in [0.15, 0.2) is 23.2 Å². The Bertz CT molecular complexity index is 1280. The molecule has 39 heavy (non-hydrogen) atoms. The number of para-hydroxylation sites is 1. The number of hydrazone groups is 1. The van der Waals surface area contributed by atoms with Gasteiger partial charge in [0, 0.05) is 21.3 Å². The van der Waals surface area contributed by atoms with Crippen LogP contribution in [0.3, 0.4) is 0 Å². The van der Waals surface area contributed by atoms with Gasteiger partial charge in [0.2, 0.25) is 0 Å². The fourth-order valence-electron chi connectivity index (χ4n) is 3.79. The van der Waals surface area contributed by atoms with Crippen LogP contribution in [-0.2, 0) is 14.3 Å². The highest BCUT2D eigenvalue weighted by atomic mass is 79.9. The van der Waals surface area contributed by atoms with Crippen LogP contribution in [0, 0.1) is 0 Å². The highest BCUT2D eigenvalue weighted by Crippen LogP contribution is 2.34. The summed E-state index contributed by atoms with van der Waals surface area (Å²) in [5.74, 6) is 0.646. The number of hydrogen-bond donors (Lipinski definition) is 3. The number of allylic oxidation sites excluding steroid dienone is 1. The van der Waals surface area contributed by atoms with Crippen molar-refractivity contribution in [1.82, 2.24) is 16.1 Å². The number of rotatable bonds is 12. The molecule has 0 unspecified atom stereocenters. The SMILES string of the molecule is CCOC(=O)C1=C(C)NC(=S)N[C@H]1c1ccccc1OCC(=O)NN=Cc1cc(OCC)c(OCC)cc1Br. The molecule has 1 aliphatic rings. The van der Waals surface area contributed by atoms with E-state index in [1.54, 1.807) is 44.2 Å². The number of thiocarbonyl (C=S) groups is 1. The molecule has 1 amide bonds. The molecule has 0 fully saturated rings. The molecule has 1 atom stereocenters. The molecule has 2 aromatic carbocycles. The number of ether oxygens (including phenoxy) is 4. The number of halogens is 1. The first-order chi connectivity index (χ1) is 18.8. The third kappa shape index (κ3) is 7.93. The van der Waals surface area contributed by atoms with E-state index in [9.17, 15) is 9.59 Å². The van der Waals surface area contributed by atoms with Crippen LogP contribution in [0.15, 0.2) is 57.2 Å². The van der Waals surface area contributed by atoms with Crippen LogP contribution >= 0.6 is 28.1 Å². The van der Waals surface area contributed by atoms with Crippen LogP contribution in [0.25, 0.3) is 0 Å². The number of nitrogens with one attached hydrogen (secondary N) is 3. The Hall–Kier alpha value is -3.64. The lowest BCUT2D eigenvalue weighted by Crippen LogP contribution is -2.45. The van der Waals surface area contributed by atoms with Crippen LogP contribution in [0.5, 0.6) is 17.2 Å². The molecule has 12 heteroatoms. The van der Waals surface area contributed by atoms with Gasteiger partial charge in [0.05, 0.1) is 37.7 Å². The third-order valence-electron chi connectivity index (χ3n) is 5.41. The van der Waals surface area contributed by atoms with Crippen LogP contribution in [0.4, 0.5) is 0 Å². The molecule has 0 spiro atoms. The van der Waals surface area contributed by atoms with Gasteiger partial charge in [0.25, 0.3) is 5.91 Å². The second-order valence-corrected chi connectivity index (χ2v) is 9.36. The lowest BCUT2D eigenvalue weighted by atomic mass is 9.95. The van der Waals surface area contributed by atoms with E-state index >= 15 is 0 Å². The topological polar surface area (TPSA) is 120 Å². The summed E-state index contributed by atoms with van der Waals surface area (Å²) in [5, 5.41) is 10.5. The van der Waals surface area contributed by atoms with E-state index in [2.05, 4.69) is 37.1 Å². The predicted octanol–water partition coefficient (Wildman–Crippen LogP) is 4.13. The number of nitrogens with zero attached hydrogens (tertiary/aromatic N) is 1. The highest BCUT2D eigenvalue weighted by Gasteiger charge is 2.32. The average molecular weight is 620 g/mol. The Morgan fingerprint density at radius 2 is 1.74 bits per heavy atom. The van der Waals surface area contributed by atoms with Gasteiger partial charge < -0.3 is 29.6 Å². The lowest BCUT2D eigenvalue weighted by Gasteiger charge is -2.30. The van der Waals surface area contributed by atoms with Crippen molar-refractivity contribution < 1.29 is 28.5 Å². The summed E-state index contributed by atoms with van der Waals surface area (Å²) >= 11 is 8.80. The van der Waals surface area contributed by atoms with Crippen LogP contribution in [0.1, 0.15) is 44.9 Å². The predicted molar refractivity (Wildman–Crippen MR) is 155 cm³/mol. The minimum absolute atomic E-state index is 0.228. The van der Waals surface area contributed by atoms with Crippen molar-refractivity contribution in [2.45, 2.75) is 33.7 Å². The quantitative estimate of drug-likeness (QED) is 0.140. The molecule has 2 aromatic rings. The summed E-state index contributed by atoms with van der Waals surface area (Å²) in [7, 11) is 0. The maximum atomic E-state index is 12.7. The van der Waals surface area contributed by atoms with E-state index in [0.717, 1.165) is 4.47 Å². The van der Waals surface area contributed by atoms with Gasteiger partial charge in [-0.05, 0) is 74.0 Å². The second kappa shape index (κ2) is 14.5. The van der Waals surface area contributed by atoms with E-state index in [1.165, 1.54) is 6.21 Å². The molecule has 208 valence electrons. The van der Waals surface area contributed by atoms with Gasteiger partial charge in [0.1, 0.15) is 5.75 Å². The molecule has 0 bridgehead atoms. The number of hydrogen-bond acceptors (Lipinski definition) is 8. The first-order valence-electron chi connectivity index (χ1n) is 12.4. The molecule has 0 radical (unpaired) electrons. The van der Waals surface area contributed by atoms with Crippen molar-refractivity contribution in [2.75, 3.05) is 26.4 Å². The van der Waals surface area contributed by atoms with Crippen LogP contribution in [0.2, 0.25) is 0 Å². The molecule has 0 aromatic heterocycles. The van der Waals surface area contributed by atoms with Gasteiger partial charge in [-0.15, -0.1) is 0 Å². The minimum atomic E-state index is -0.619. The van der Waals surface area contributed by atoms with Crippen molar-refractivity contribution in [1.29, 1.82) is 0 Å². The molecule has 1 aliphatic heterocycles. The van der Waals surface area contributed by atoms with Gasteiger partial charge in [-0.3, -0.25) is 4.79 Å². The summed E-state index contributed by atoms with van der Waals surface area (Å²) in [6.07, 6.45) is 1.49. The zero-order chi connectivity index (χ0) is 28.4. The van der Waals surface area contributed by atoms with E-state index in [1.807, 2.05) is 19.9 Å². The van der Waals surface area contributed by atoms with E-state index in [-0.39, 0.29) is 13.2 Å². The van der Waals surface area contributed by atoms with E-state index in [4.69, 9.17) is 31.2 Å². The lowest BCUT2D eigenvalue weighted by molar-refractivity contribution is -0.139. The molecular formula is C27H31BrN4O6S. The van der Waals surface area contributed by atoms with Crippen LogP contribution in [-0.4, -0.2) is 49.6 Å². The van der Waals surface area contributed by atoms with Crippen LogP contribution < -0.4 is 30.3 Å². The largest absolute Gasteiger partial charge is 0.490 e. The zero-order valence-electron chi connectivity index (χ0n) is 22.1. The monoisotopic (exact) mass is 618 g/mol. The minimum Gasteiger partial charge on any atom is -0.490 e. The zero-order valence-corrected chi connectivity index (χ0v) is 24.5. The van der Waals surface area contributed by atoms with Gasteiger partial charge in [-0.25, -0.2) is 10.2 Å². The first kappa shape index (κ1) is 29.9. The first-order valence-corrected chi connectivity index (χ1v) is 13.6. The fourth-order valence-corrected chi connectivity index (χ4v) is 4.49. The van der Waals surface area contributed by atoms with E-state index < -0.39 is 17.9 Å². The molecule has 0 saturated heterocycles. The summed E-state index contributed by atoms with van der Waals surface area (Å²) in [6, 6.07) is 10.0. The number of benzene rings is 2. The molecule has 10 nitrogen and oxygen atoms in total. The van der Waals surface area contributed by atoms with Gasteiger partial charge in [-0.1, -0.05) is 18.2 Å². The number of carbonyl (C=O) groups is 2. The molecule has 3 rings (SSSR count). The third-order valence-corrected chi connectivity index (χ3v) is 6.32. The number of amides is 1. The molecule has 1 heterocycles. The summed E-state index contributed by atoms with van der Waals surface area (Å²) < 4.78 is 23.1. The Labute approximate surface area is 241 Å². The van der Waals surface area contributed by atoms with Crippen molar-refractivity contribution in [3.05, 3.63) is 63.3 Å². The van der Waals surface area contributed by atoms with E-state index in [0.29, 0.717) is 58.0 Å². The second-order valence-electron chi connectivity index (χ2n) is 8.10. The van der Waals surface area contributed by atoms with Crippen molar-refractivity contribution in [2.24, 2.45) is 5.10 Å². The Morgan fingerprint density at radius 1 is 1.05 bits per heavy atom. The molecule has 0 saturated carbocycles. The Balaban J connectivity index is 1.71. The highest BCUT2D eigenvalue weighted by molar-refractivity contribution is 9.10. The van der Waals surface area contributed by atoms with Crippen molar-refractivity contribution in [3.63, 3.8) is 0 Å². The number of carbonyl (C=O) groups excluding carboxylic acids is 2. The standard InChI is InChI=1S/C27H31BrN4O6S/c1-5-35-21-12-17(19(28)13-22(21)36-6-2)14-29-32-23(33)15-38-20-11-9-8-10-18(20)25-24(26(34)37-7-3)16(4)30-27(39)31-25/h8-14,25H,5-7,15H2,1-4H3,(H,32,33)(H2,30,31,39)/t25-/m0/s1. The molecular weight excluding hydrogens is 588 g/mol. The van der Waals surface area contributed by atoms with Gasteiger partial charge >= 0.3 is 5.97 Å². The Kier molecular flexibility index (Phi) is 11.1. The average Bonchev–Trinajstić information content (AvgIpc) is 2.90. The normalized spacial score (nSPS) is 14.9. The summed E-state index contributed by atoms with van der Waals surface area (Å²) in [4.78, 5) is 25.2. The van der Waals surface area contributed by atoms with Crippen molar-refractivity contribution >= 4 is 51.4 Å². The maximum absolute atomic E-state index is 12.7. The molecule has 0 aliphatic carbocycles.